The maximum Gasteiger partial charge on any atom is 0.325 e. The van der Waals surface area contributed by atoms with Gasteiger partial charge in [0.1, 0.15) is 12.3 Å². The van der Waals surface area contributed by atoms with E-state index in [2.05, 4.69) is 12.2 Å². The van der Waals surface area contributed by atoms with Crippen molar-refractivity contribution in [2.75, 3.05) is 26.8 Å². The van der Waals surface area contributed by atoms with Gasteiger partial charge in [-0.25, -0.2) is 0 Å². The van der Waals surface area contributed by atoms with E-state index in [1.807, 2.05) is 30.3 Å². The number of unbranched alkanes of at least 4 members (excludes halogenated alkanes) is 1. The average Bonchev–Trinajstić information content (AvgIpc) is 2.77. The Kier molecular flexibility index (Phi) is 9.37. The van der Waals surface area contributed by atoms with Crippen molar-refractivity contribution < 1.29 is 23.9 Å². The Bertz CT molecular complexity index is 821. The predicted octanol–water partition coefficient (Wildman–Crippen LogP) is 2.80. The second-order valence-electron chi connectivity index (χ2n) is 6.81. The Morgan fingerprint density at radius 2 is 1.70 bits per heavy atom. The van der Waals surface area contributed by atoms with Crippen LogP contribution >= 0.6 is 0 Å². The fourth-order valence-electron chi connectivity index (χ4n) is 2.54. The van der Waals surface area contributed by atoms with Crippen LogP contribution in [0.2, 0.25) is 0 Å². The van der Waals surface area contributed by atoms with E-state index < -0.39 is 11.9 Å². The van der Waals surface area contributed by atoms with Gasteiger partial charge in [0.15, 0.2) is 6.61 Å². The van der Waals surface area contributed by atoms with Crippen molar-refractivity contribution in [3.05, 3.63) is 65.7 Å². The molecule has 0 aliphatic heterocycles. The van der Waals surface area contributed by atoms with Gasteiger partial charge in [-0.1, -0.05) is 43.7 Å². The molecule has 0 saturated carbocycles. The van der Waals surface area contributed by atoms with Crippen LogP contribution in [0, 0.1) is 0 Å². The number of hydrogen-bond acceptors (Lipinski definition) is 5. The van der Waals surface area contributed by atoms with Gasteiger partial charge in [0.2, 0.25) is 0 Å². The van der Waals surface area contributed by atoms with E-state index in [4.69, 9.17) is 9.47 Å². The van der Waals surface area contributed by atoms with Gasteiger partial charge in [-0.2, -0.15) is 0 Å². The summed E-state index contributed by atoms with van der Waals surface area (Å²) in [6.45, 7) is 2.45. The second kappa shape index (κ2) is 12.3. The lowest BCUT2D eigenvalue weighted by Gasteiger charge is -2.17. The van der Waals surface area contributed by atoms with E-state index in [0.29, 0.717) is 24.5 Å². The van der Waals surface area contributed by atoms with E-state index in [9.17, 15) is 14.4 Å². The van der Waals surface area contributed by atoms with Crippen LogP contribution in [0.4, 0.5) is 0 Å². The molecule has 0 spiro atoms. The van der Waals surface area contributed by atoms with Crippen LogP contribution in [0.25, 0.3) is 0 Å². The molecule has 2 amide bonds. The molecule has 0 aromatic heterocycles. The third-order valence-electron chi connectivity index (χ3n) is 4.32. The van der Waals surface area contributed by atoms with Crippen LogP contribution in [0.3, 0.4) is 0 Å². The Morgan fingerprint density at radius 1 is 1.00 bits per heavy atom. The van der Waals surface area contributed by atoms with E-state index in [1.54, 1.807) is 31.3 Å². The van der Waals surface area contributed by atoms with E-state index >= 15 is 0 Å². The minimum atomic E-state index is -0.677. The summed E-state index contributed by atoms with van der Waals surface area (Å²) in [6, 6.07) is 16.2. The van der Waals surface area contributed by atoms with Gasteiger partial charge in [0.05, 0.1) is 6.61 Å². The van der Waals surface area contributed by atoms with Crippen LogP contribution in [0.1, 0.15) is 35.7 Å². The third kappa shape index (κ3) is 7.95. The number of ether oxygens (including phenoxy) is 2. The lowest BCUT2D eigenvalue weighted by molar-refractivity contribution is -0.150. The van der Waals surface area contributed by atoms with Gasteiger partial charge >= 0.3 is 5.97 Å². The zero-order valence-electron chi connectivity index (χ0n) is 17.4. The normalized spacial score (nSPS) is 10.2. The Morgan fingerprint density at radius 3 is 2.37 bits per heavy atom. The molecule has 0 unspecified atom stereocenters. The number of hydrogen-bond donors (Lipinski definition) is 1. The van der Waals surface area contributed by atoms with E-state index in [1.165, 1.54) is 4.90 Å². The fourth-order valence-corrected chi connectivity index (χ4v) is 2.54. The second-order valence-corrected chi connectivity index (χ2v) is 6.81. The molecule has 0 radical (unpaired) electrons. The van der Waals surface area contributed by atoms with Gasteiger partial charge in [-0.05, 0) is 36.2 Å². The summed E-state index contributed by atoms with van der Waals surface area (Å²) < 4.78 is 10.5. The summed E-state index contributed by atoms with van der Waals surface area (Å²) in [7, 11) is 1.64. The number of likely N-dealkylation sites (N-methyl/N-ethyl adjacent to an activating group) is 1. The van der Waals surface area contributed by atoms with Crippen LogP contribution in [0.5, 0.6) is 5.75 Å². The summed E-state index contributed by atoms with van der Waals surface area (Å²) in [6.07, 6.45) is 2.01. The number of carbonyl (C=O) groups excluding carboxylic acids is 3. The molecule has 0 saturated heterocycles. The highest BCUT2D eigenvalue weighted by Gasteiger charge is 2.14. The van der Waals surface area contributed by atoms with Crippen LogP contribution in [-0.2, 0) is 20.9 Å². The summed E-state index contributed by atoms with van der Waals surface area (Å²) in [4.78, 5) is 37.5. The summed E-state index contributed by atoms with van der Waals surface area (Å²) in [5.41, 5.74) is 1.39. The minimum Gasteiger partial charge on any atom is -0.494 e. The summed E-state index contributed by atoms with van der Waals surface area (Å²) >= 11 is 0. The Labute approximate surface area is 177 Å². The molecule has 2 rings (SSSR count). The quantitative estimate of drug-likeness (QED) is 0.453. The van der Waals surface area contributed by atoms with Crippen molar-refractivity contribution in [2.24, 2.45) is 0 Å². The first kappa shape index (κ1) is 22.9. The van der Waals surface area contributed by atoms with Crippen LogP contribution in [-0.4, -0.2) is 49.5 Å². The highest BCUT2D eigenvalue weighted by atomic mass is 16.5. The monoisotopic (exact) mass is 412 g/mol. The Hall–Kier alpha value is -3.35. The lowest BCUT2D eigenvalue weighted by Crippen LogP contribution is -2.34. The predicted molar refractivity (Wildman–Crippen MR) is 113 cm³/mol. The topological polar surface area (TPSA) is 84.9 Å². The molecule has 7 heteroatoms. The SMILES string of the molecule is CCCCOc1ccc(C(=O)NCC(=O)OCC(=O)N(C)Cc2ccccc2)cc1. The van der Waals surface area contributed by atoms with Gasteiger partial charge in [-0.15, -0.1) is 0 Å². The number of nitrogens with one attached hydrogen (secondary N) is 1. The van der Waals surface area contributed by atoms with E-state index in [0.717, 1.165) is 18.4 Å². The molecule has 160 valence electrons. The molecule has 2 aromatic rings. The lowest BCUT2D eigenvalue weighted by atomic mass is 10.2. The van der Waals surface area contributed by atoms with Gasteiger partial charge in [0, 0.05) is 19.2 Å². The van der Waals surface area contributed by atoms with Crippen molar-refractivity contribution in [3.63, 3.8) is 0 Å². The first-order valence-electron chi connectivity index (χ1n) is 9.94. The maximum atomic E-state index is 12.1. The molecule has 0 fully saturated rings. The molecule has 0 atom stereocenters. The largest absolute Gasteiger partial charge is 0.494 e. The Balaban J connectivity index is 1.69. The molecule has 30 heavy (non-hydrogen) atoms. The van der Waals surface area contributed by atoms with Gasteiger partial charge in [-0.3, -0.25) is 14.4 Å². The highest BCUT2D eigenvalue weighted by molar-refractivity contribution is 5.96. The zero-order chi connectivity index (χ0) is 21.8. The number of rotatable bonds is 11. The van der Waals surface area contributed by atoms with Crippen LogP contribution in [0.15, 0.2) is 54.6 Å². The smallest absolute Gasteiger partial charge is 0.325 e. The van der Waals surface area contributed by atoms with E-state index in [-0.39, 0.29) is 19.1 Å². The number of amides is 2. The first-order valence-corrected chi connectivity index (χ1v) is 9.94. The molecular weight excluding hydrogens is 384 g/mol. The van der Waals surface area contributed by atoms with Crippen molar-refractivity contribution in [1.29, 1.82) is 0 Å². The molecule has 0 aliphatic carbocycles. The van der Waals surface area contributed by atoms with Crippen LogP contribution < -0.4 is 10.1 Å². The standard InChI is InChI=1S/C23H28N2O5/c1-3-4-14-29-20-12-10-19(11-13-20)23(28)24-15-22(27)30-17-21(26)25(2)16-18-8-6-5-7-9-18/h5-13H,3-4,14-17H2,1-2H3,(H,24,28). The maximum absolute atomic E-state index is 12.1. The van der Waals surface area contributed by atoms with Crippen molar-refractivity contribution in [2.45, 2.75) is 26.3 Å². The molecule has 0 aliphatic rings. The molecule has 2 aromatic carbocycles. The zero-order valence-corrected chi connectivity index (χ0v) is 17.4. The molecule has 7 nitrogen and oxygen atoms in total. The number of benzene rings is 2. The molecular formula is C23H28N2O5. The third-order valence-corrected chi connectivity index (χ3v) is 4.32. The number of carbonyl (C=O) groups is 3. The molecule has 0 bridgehead atoms. The van der Waals surface area contributed by atoms with Gasteiger partial charge in [0.25, 0.3) is 11.8 Å². The average molecular weight is 412 g/mol. The molecule has 1 N–H and O–H groups in total. The van der Waals surface area contributed by atoms with Crippen molar-refractivity contribution in [3.8, 4) is 5.75 Å². The first-order chi connectivity index (χ1) is 14.5. The molecule has 0 heterocycles. The summed E-state index contributed by atoms with van der Waals surface area (Å²) in [5, 5.41) is 2.48. The summed E-state index contributed by atoms with van der Waals surface area (Å²) in [5.74, 6) is -0.710. The fraction of sp³-hybridized carbons (Fsp3) is 0.348. The minimum absolute atomic E-state index is 0.316. The van der Waals surface area contributed by atoms with Gasteiger partial charge < -0.3 is 19.7 Å². The highest BCUT2D eigenvalue weighted by Crippen LogP contribution is 2.12. The van der Waals surface area contributed by atoms with Crippen molar-refractivity contribution >= 4 is 17.8 Å². The van der Waals surface area contributed by atoms with Crippen molar-refractivity contribution in [1.82, 2.24) is 10.2 Å². The number of nitrogens with zero attached hydrogens (tertiary/aromatic N) is 1. The number of esters is 1.